The zero-order chi connectivity index (χ0) is 19.2. The molecule has 9 heteroatoms. The van der Waals surface area contributed by atoms with Gasteiger partial charge in [-0.1, -0.05) is 42.7 Å². The number of guanidine groups is 1. The molecule has 0 radical (unpaired) electrons. The van der Waals surface area contributed by atoms with E-state index in [1.54, 1.807) is 0 Å². The molecule has 28 heavy (non-hydrogen) atoms. The lowest BCUT2D eigenvalue weighted by molar-refractivity contribution is 0.370. The number of rotatable bonds is 5. The van der Waals surface area contributed by atoms with Gasteiger partial charge in [-0.05, 0) is 18.1 Å². The molecule has 1 aromatic carbocycles. The smallest absolute Gasteiger partial charge is 0.228 e. The first kappa shape index (κ1) is 23.3. The second-order valence-corrected chi connectivity index (χ2v) is 8.63. The van der Waals surface area contributed by atoms with Crippen LogP contribution in [0.2, 0.25) is 5.02 Å². The summed E-state index contributed by atoms with van der Waals surface area (Å²) in [6.45, 7) is 7.31. The van der Waals surface area contributed by atoms with E-state index in [1.165, 1.54) is 0 Å². The molecule has 3 rings (SSSR count). The molecule has 1 aromatic heterocycles. The quantitative estimate of drug-likeness (QED) is 0.352. The van der Waals surface area contributed by atoms with E-state index in [0.29, 0.717) is 40.9 Å². The predicted molar refractivity (Wildman–Crippen MR) is 128 cm³/mol. The molecule has 154 valence electrons. The summed E-state index contributed by atoms with van der Waals surface area (Å²) in [6.07, 6.45) is 0.642. The van der Waals surface area contributed by atoms with Gasteiger partial charge in [0.1, 0.15) is 0 Å². The minimum atomic E-state index is 0. The molecule has 2 aromatic rings. The van der Waals surface area contributed by atoms with Crippen LogP contribution in [0.4, 0.5) is 0 Å². The van der Waals surface area contributed by atoms with Gasteiger partial charge >= 0.3 is 0 Å². The molecule has 1 unspecified atom stereocenters. The van der Waals surface area contributed by atoms with E-state index in [-0.39, 0.29) is 24.0 Å². The molecule has 0 bridgehead atoms. The van der Waals surface area contributed by atoms with Crippen LogP contribution in [-0.4, -0.2) is 58.7 Å². The Hall–Kier alpha value is -1.000. The molecule has 0 saturated carbocycles. The van der Waals surface area contributed by atoms with Crippen LogP contribution in [-0.2, 0) is 6.42 Å². The van der Waals surface area contributed by atoms with Gasteiger partial charge in [0.25, 0.3) is 0 Å². The van der Waals surface area contributed by atoms with Gasteiger partial charge in [0, 0.05) is 54.7 Å². The predicted octanol–water partition coefficient (Wildman–Crippen LogP) is 4.20. The molecular formula is C19H27ClIN5OS. The number of hydrogen-bond donors (Lipinski definition) is 1. The standard InChI is InChI=1S/C19H26ClN5OS.HI/c1-13(2)16-12-25(9-10-27-16)19(21-3)22-8-7-17-23-18(24-26-17)14-5-4-6-15(20)11-14;/h4-6,11,13,16H,7-10,12H2,1-3H3,(H,21,22);1H. The molecule has 1 N–H and O–H groups in total. The molecule has 1 fully saturated rings. The highest BCUT2D eigenvalue weighted by Crippen LogP contribution is 2.25. The van der Waals surface area contributed by atoms with Gasteiger partial charge in [0.05, 0.1) is 0 Å². The number of aromatic nitrogens is 2. The maximum atomic E-state index is 6.02. The van der Waals surface area contributed by atoms with Crippen LogP contribution in [0.15, 0.2) is 33.8 Å². The molecular weight excluding hydrogens is 509 g/mol. The Labute approximate surface area is 192 Å². The molecule has 1 aliphatic rings. The summed E-state index contributed by atoms with van der Waals surface area (Å²) >= 11 is 8.08. The Morgan fingerprint density at radius 2 is 2.29 bits per heavy atom. The van der Waals surface area contributed by atoms with E-state index in [4.69, 9.17) is 16.1 Å². The van der Waals surface area contributed by atoms with Gasteiger partial charge in [0.15, 0.2) is 5.96 Å². The minimum Gasteiger partial charge on any atom is -0.356 e. The van der Waals surface area contributed by atoms with Crippen LogP contribution in [0.3, 0.4) is 0 Å². The van der Waals surface area contributed by atoms with Crippen molar-refractivity contribution in [2.45, 2.75) is 25.5 Å². The maximum Gasteiger partial charge on any atom is 0.228 e. The molecule has 0 amide bonds. The molecule has 2 heterocycles. The SMILES string of the molecule is CN=C(NCCc1nc(-c2cccc(Cl)c2)no1)N1CCSC(C(C)C)C1.I. The lowest BCUT2D eigenvalue weighted by Crippen LogP contribution is -2.49. The fourth-order valence-electron chi connectivity index (χ4n) is 2.99. The normalized spacial score (nSPS) is 17.5. The second-order valence-electron chi connectivity index (χ2n) is 6.85. The van der Waals surface area contributed by atoms with Crippen molar-refractivity contribution in [3.63, 3.8) is 0 Å². The summed E-state index contributed by atoms with van der Waals surface area (Å²) in [4.78, 5) is 11.2. The molecule has 1 atom stereocenters. The summed E-state index contributed by atoms with van der Waals surface area (Å²) in [7, 11) is 1.83. The highest BCUT2D eigenvalue weighted by atomic mass is 127. The van der Waals surface area contributed by atoms with Crippen LogP contribution >= 0.6 is 47.3 Å². The lowest BCUT2D eigenvalue weighted by atomic mass is 10.1. The van der Waals surface area contributed by atoms with Crippen molar-refractivity contribution in [1.29, 1.82) is 0 Å². The Morgan fingerprint density at radius 3 is 3.00 bits per heavy atom. The Kier molecular flexibility index (Phi) is 9.36. The second kappa shape index (κ2) is 11.3. The van der Waals surface area contributed by atoms with Gasteiger partial charge in [-0.25, -0.2) is 0 Å². The summed E-state index contributed by atoms with van der Waals surface area (Å²) in [6, 6.07) is 7.45. The molecule has 1 aliphatic heterocycles. The summed E-state index contributed by atoms with van der Waals surface area (Å²) < 4.78 is 5.37. The van der Waals surface area contributed by atoms with Gasteiger partial charge in [-0.3, -0.25) is 4.99 Å². The van der Waals surface area contributed by atoms with Crippen molar-refractivity contribution in [2.24, 2.45) is 10.9 Å². The van der Waals surface area contributed by atoms with Crippen molar-refractivity contribution in [3.05, 3.63) is 35.2 Å². The number of hydrogen-bond acceptors (Lipinski definition) is 5. The fourth-order valence-corrected chi connectivity index (χ4v) is 4.47. The average molecular weight is 536 g/mol. The summed E-state index contributed by atoms with van der Waals surface area (Å²) in [5.41, 5.74) is 0.854. The van der Waals surface area contributed by atoms with E-state index in [0.717, 1.165) is 30.4 Å². The minimum absolute atomic E-state index is 0. The third-order valence-corrected chi connectivity index (χ3v) is 6.30. The third kappa shape index (κ3) is 6.25. The highest BCUT2D eigenvalue weighted by molar-refractivity contribution is 14.0. The monoisotopic (exact) mass is 535 g/mol. The van der Waals surface area contributed by atoms with Crippen molar-refractivity contribution in [1.82, 2.24) is 20.4 Å². The van der Waals surface area contributed by atoms with Gasteiger partial charge in [-0.15, -0.1) is 24.0 Å². The first-order chi connectivity index (χ1) is 13.1. The number of nitrogens with zero attached hydrogens (tertiary/aromatic N) is 4. The van der Waals surface area contributed by atoms with Gasteiger partial charge < -0.3 is 14.7 Å². The first-order valence-electron chi connectivity index (χ1n) is 9.22. The Bertz CT molecular complexity index is 785. The summed E-state index contributed by atoms with van der Waals surface area (Å²) in [5.74, 6) is 3.90. The van der Waals surface area contributed by atoms with E-state index in [9.17, 15) is 0 Å². The van der Waals surface area contributed by atoms with Gasteiger partial charge in [-0.2, -0.15) is 16.7 Å². The maximum absolute atomic E-state index is 6.02. The molecule has 1 saturated heterocycles. The van der Waals surface area contributed by atoms with Crippen LogP contribution in [0, 0.1) is 5.92 Å². The fraction of sp³-hybridized carbons (Fsp3) is 0.526. The van der Waals surface area contributed by atoms with Crippen LogP contribution in [0.25, 0.3) is 11.4 Å². The largest absolute Gasteiger partial charge is 0.356 e. The van der Waals surface area contributed by atoms with Crippen LogP contribution in [0.1, 0.15) is 19.7 Å². The highest BCUT2D eigenvalue weighted by Gasteiger charge is 2.24. The van der Waals surface area contributed by atoms with Crippen molar-refractivity contribution in [3.8, 4) is 11.4 Å². The lowest BCUT2D eigenvalue weighted by Gasteiger charge is -2.36. The van der Waals surface area contributed by atoms with Crippen molar-refractivity contribution >= 4 is 53.3 Å². The Morgan fingerprint density at radius 1 is 1.46 bits per heavy atom. The van der Waals surface area contributed by atoms with E-state index < -0.39 is 0 Å². The van der Waals surface area contributed by atoms with E-state index in [2.05, 4.69) is 51.0 Å². The summed E-state index contributed by atoms with van der Waals surface area (Å²) in [5, 5.41) is 8.77. The van der Waals surface area contributed by atoms with Crippen LogP contribution in [0.5, 0.6) is 0 Å². The van der Waals surface area contributed by atoms with Crippen molar-refractivity contribution < 1.29 is 4.52 Å². The number of nitrogens with one attached hydrogen (secondary N) is 1. The zero-order valence-electron chi connectivity index (χ0n) is 16.4. The first-order valence-corrected chi connectivity index (χ1v) is 10.6. The van der Waals surface area contributed by atoms with E-state index >= 15 is 0 Å². The van der Waals surface area contributed by atoms with Gasteiger partial charge in [0.2, 0.25) is 11.7 Å². The number of halogens is 2. The molecule has 0 aliphatic carbocycles. The van der Waals surface area contributed by atoms with E-state index in [1.807, 2.05) is 31.3 Å². The van der Waals surface area contributed by atoms with Crippen LogP contribution < -0.4 is 5.32 Å². The average Bonchev–Trinajstić information content (AvgIpc) is 3.14. The third-order valence-electron chi connectivity index (χ3n) is 4.52. The number of aliphatic imine (C=N–C) groups is 1. The molecule has 0 spiro atoms. The topological polar surface area (TPSA) is 66.5 Å². The Balaban J connectivity index is 0.00000280. The number of benzene rings is 1. The zero-order valence-corrected chi connectivity index (χ0v) is 20.3. The number of thioether (sulfide) groups is 1. The van der Waals surface area contributed by atoms with Crippen molar-refractivity contribution in [2.75, 3.05) is 32.4 Å². The molecule has 6 nitrogen and oxygen atoms in total.